The Morgan fingerprint density at radius 3 is 2.68 bits per heavy atom. The summed E-state index contributed by atoms with van der Waals surface area (Å²) in [5.74, 6) is 0.220. The fourth-order valence-electron chi connectivity index (χ4n) is 2.94. The first-order valence-corrected chi connectivity index (χ1v) is 11.2. The van der Waals surface area contributed by atoms with Crippen LogP contribution >= 0.6 is 34.2 Å². The first kappa shape index (κ1) is 25.0. The number of methoxy groups -OCH3 is 1. The molecule has 0 saturated carbocycles. The summed E-state index contributed by atoms with van der Waals surface area (Å²) in [5, 5.41) is 23.5. The van der Waals surface area contributed by atoms with E-state index in [2.05, 4.69) is 27.9 Å². The Morgan fingerprint density at radius 1 is 1.24 bits per heavy atom. The number of nitro benzene ring substituents is 1. The fraction of sp³-hybridized carbons (Fsp3) is 0.0833. The van der Waals surface area contributed by atoms with Crippen molar-refractivity contribution >= 4 is 57.5 Å². The number of nitro groups is 1. The molecule has 0 bridgehead atoms. The molecule has 0 aliphatic carbocycles. The predicted octanol–water partition coefficient (Wildman–Crippen LogP) is 5.99. The van der Waals surface area contributed by atoms with E-state index in [-0.39, 0.29) is 23.6 Å². The maximum absolute atomic E-state index is 12.6. The molecule has 8 nitrogen and oxygen atoms in total. The summed E-state index contributed by atoms with van der Waals surface area (Å²) in [6, 6.07) is 18.0. The van der Waals surface area contributed by atoms with Crippen molar-refractivity contribution in [2.75, 3.05) is 12.4 Å². The molecule has 0 fully saturated rings. The highest BCUT2D eigenvalue weighted by Gasteiger charge is 2.15. The highest BCUT2D eigenvalue weighted by molar-refractivity contribution is 14.1. The van der Waals surface area contributed by atoms with Crippen LogP contribution < -0.4 is 14.8 Å². The minimum Gasteiger partial charge on any atom is -0.493 e. The molecule has 0 radical (unpaired) electrons. The van der Waals surface area contributed by atoms with E-state index in [1.165, 1.54) is 37.5 Å². The van der Waals surface area contributed by atoms with Crippen molar-refractivity contribution in [3.05, 3.63) is 96.1 Å². The van der Waals surface area contributed by atoms with E-state index in [1.807, 2.05) is 24.3 Å². The summed E-state index contributed by atoms with van der Waals surface area (Å²) in [6.45, 7) is 0.232. The molecule has 3 rings (SSSR count). The van der Waals surface area contributed by atoms with Crippen LogP contribution in [0, 0.1) is 25.0 Å². The van der Waals surface area contributed by atoms with Crippen molar-refractivity contribution in [2.45, 2.75) is 6.61 Å². The van der Waals surface area contributed by atoms with Gasteiger partial charge in [0.25, 0.3) is 11.6 Å². The van der Waals surface area contributed by atoms with Gasteiger partial charge in [0.1, 0.15) is 18.2 Å². The number of carbonyl (C=O) groups excluding carboxylic acids is 1. The van der Waals surface area contributed by atoms with E-state index >= 15 is 0 Å². The van der Waals surface area contributed by atoms with E-state index < -0.39 is 10.8 Å². The molecule has 0 heterocycles. The third kappa shape index (κ3) is 6.24. The largest absolute Gasteiger partial charge is 0.493 e. The number of nitrogens with zero attached hydrogens (tertiary/aromatic N) is 2. The van der Waals surface area contributed by atoms with Gasteiger partial charge in [0, 0.05) is 28.4 Å². The maximum atomic E-state index is 12.6. The molecular formula is C24H17ClIN3O5. The van der Waals surface area contributed by atoms with Gasteiger partial charge >= 0.3 is 0 Å². The van der Waals surface area contributed by atoms with E-state index in [0.717, 1.165) is 5.56 Å². The average molecular weight is 590 g/mol. The van der Waals surface area contributed by atoms with Gasteiger partial charge < -0.3 is 14.8 Å². The van der Waals surface area contributed by atoms with Crippen molar-refractivity contribution in [3.8, 4) is 17.6 Å². The first-order chi connectivity index (χ1) is 16.3. The van der Waals surface area contributed by atoms with Gasteiger partial charge in [-0.3, -0.25) is 14.9 Å². The molecule has 0 saturated heterocycles. The number of ether oxygens (including phenoxy) is 2. The van der Waals surface area contributed by atoms with Gasteiger partial charge in [0.05, 0.1) is 15.6 Å². The third-order valence-electron chi connectivity index (χ3n) is 4.57. The highest BCUT2D eigenvalue weighted by Crippen LogP contribution is 2.35. The zero-order chi connectivity index (χ0) is 24.7. The summed E-state index contributed by atoms with van der Waals surface area (Å²) in [4.78, 5) is 22.9. The molecule has 1 amide bonds. The predicted molar refractivity (Wildman–Crippen MR) is 137 cm³/mol. The van der Waals surface area contributed by atoms with Gasteiger partial charge in [-0.1, -0.05) is 35.9 Å². The Morgan fingerprint density at radius 2 is 2.00 bits per heavy atom. The standard InChI is InChI=1S/C24H17ClIN3O5/c1-33-22-11-15(10-21(26)23(22)34-14-16-5-2-3-8-20(16)25)9-17(13-27)24(30)28-18-6-4-7-19(12-18)29(31)32/h2-12H,14H2,1H3,(H,28,30)/b17-9-. The number of hydrogen-bond acceptors (Lipinski definition) is 6. The number of carbonyl (C=O) groups is 1. The Labute approximate surface area is 214 Å². The van der Waals surface area contributed by atoms with Crippen LogP contribution in [-0.2, 0) is 11.4 Å². The number of anilines is 1. The van der Waals surface area contributed by atoms with Crippen LogP contribution in [0.15, 0.2) is 66.2 Å². The Kier molecular flexibility index (Phi) is 8.45. The van der Waals surface area contributed by atoms with Gasteiger partial charge in [-0.2, -0.15) is 5.26 Å². The van der Waals surface area contributed by atoms with Crippen molar-refractivity contribution in [1.82, 2.24) is 0 Å². The Bertz CT molecular complexity index is 1320. The van der Waals surface area contributed by atoms with Crippen LogP contribution in [0.3, 0.4) is 0 Å². The van der Waals surface area contributed by atoms with E-state index in [4.69, 9.17) is 21.1 Å². The Hall–Kier alpha value is -3.62. The van der Waals surface area contributed by atoms with Crippen molar-refractivity contribution in [2.24, 2.45) is 0 Å². The highest BCUT2D eigenvalue weighted by atomic mass is 127. The molecule has 10 heteroatoms. The van der Waals surface area contributed by atoms with Gasteiger partial charge in [-0.25, -0.2) is 0 Å². The van der Waals surface area contributed by atoms with Crippen LogP contribution in [0.2, 0.25) is 5.02 Å². The summed E-state index contributed by atoms with van der Waals surface area (Å²) in [7, 11) is 1.49. The number of non-ortho nitro benzene ring substituents is 1. The number of amides is 1. The van der Waals surface area contributed by atoms with Gasteiger partial charge in [-0.15, -0.1) is 0 Å². The molecule has 0 aliphatic heterocycles. The molecule has 0 aromatic heterocycles. The monoisotopic (exact) mass is 589 g/mol. The number of halogens is 2. The average Bonchev–Trinajstić information content (AvgIpc) is 2.82. The van der Waals surface area contributed by atoms with Gasteiger partial charge in [-0.05, 0) is 58.5 Å². The molecule has 0 spiro atoms. The van der Waals surface area contributed by atoms with Crippen molar-refractivity contribution < 1.29 is 19.2 Å². The van der Waals surface area contributed by atoms with E-state index in [1.54, 1.807) is 18.2 Å². The molecular weight excluding hydrogens is 573 g/mol. The molecule has 172 valence electrons. The lowest BCUT2D eigenvalue weighted by atomic mass is 10.1. The molecule has 0 atom stereocenters. The van der Waals surface area contributed by atoms with Crippen LogP contribution in [0.1, 0.15) is 11.1 Å². The number of benzene rings is 3. The second kappa shape index (κ2) is 11.5. The third-order valence-corrected chi connectivity index (χ3v) is 5.74. The molecule has 3 aromatic carbocycles. The smallest absolute Gasteiger partial charge is 0.271 e. The lowest BCUT2D eigenvalue weighted by molar-refractivity contribution is -0.384. The van der Waals surface area contributed by atoms with Crippen molar-refractivity contribution in [3.63, 3.8) is 0 Å². The molecule has 0 unspecified atom stereocenters. The minimum atomic E-state index is -0.698. The van der Waals surface area contributed by atoms with Gasteiger partial charge in [0.2, 0.25) is 0 Å². The second-order valence-corrected chi connectivity index (χ2v) is 8.41. The van der Waals surface area contributed by atoms with Crippen LogP contribution in [0.25, 0.3) is 6.08 Å². The molecule has 34 heavy (non-hydrogen) atoms. The first-order valence-electron chi connectivity index (χ1n) is 9.73. The number of rotatable bonds is 8. The normalized spacial score (nSPS) is 10.8. The quantitative estimate of drug-likeness (QED) is 0.114. The second-order valence-electron chi connectivity index (χ2n) is 6.85. The zero-order valence-corrected chi connectivity index (χ0v) is 20.7. The molecule has 3 aromatic rings. The SMILES string of the molecule is COc1cc(/C=C(/C#N)C(=O)Nc2cccc([N+](=O)[O-])c2)cc(I)c1OCc1ccccc1Cl. The minimum absolute atomic E-state index is 0.174. The molecule has 0 aliphatic rings. The Balaban J connectivity index is 1.83. The molecule has 1 N–H and O–H groups in total. The lowest BCUT2D eigenvalue weighted by Gasteiger charge is -2.14. The van der Waals surface area contributed by atoms with E-state index in [0.29, 0.717) is 25.7 Å². The lowest BCUT2D eigenvalue weighted by Crippen LogP contribution is -2.13. The van der Waals surface area contributed by atoms with Gasteiger partial charge in [0.15, 0.2) is 11.5 Å². The van der Waals surface area contributed by atoms with Crippen LogP contribution in [0.4, 0.5) is 11.4 Å². The van der Waals surface area contributed by atoms with E-state index in [9.17, 15) is 20.2 Å². The van der Waals surface area contributed by atoms with Crippen molar-refractivity contribution in [1.29, 1.82) is 5.26 Å². The summed E-state index contributed by atoms with van der Waals surface area (Å²) < 4.78 is 12.1. The summed E-state index contributed by atoms with van der Waals surface area (Å²) in [5.41, 5.74) is 1.20. The fourth-order valence-corrected chi connectivity index (χ4v) is 3.91. The number of nitriles is 1. The maximum Gasteiger partial charge on any atom is 0.271 e. The van der Waals surface area contributed by atoms with Crippen LogP contribution in [-0.4, -0.2) is 17.9 Å². The van der Waals surface area contributed by atoms with Crippen LogP contribution in [0.5, 0.6) is 11.5 Å². The number of hydrogen-bond donors (Lipinski definition) is 1. The number of nitrogens with one attached hydrogen (secondary N) is 1. The summed E-state index contributed by atoms with van der Waals surface area (Å²) >= 11 is 8.27. The topological polar surface area (TPSA) is 114 Å². The zero-order valence-electron chi connectivity index (χ0n) is 17.7. The summed E-state index contributed by atoms with van der Waals surface area (Å²) in [6.07, 6.45) is 1.40.